The maximum absolute atomic E-state index is 13.1. The first-order valence-corrected chi connectivity index (χ1v) is 5.96. The second-order valence-electron chi connectivity index (χ2n) is 3.22. The molecule has 17 heavy (non-hydrogen) atoms. The Kier molecular flexibility index (Phi) is 4.56. The Morgan fingerprint density at radius 2 is 2.00 bits per heavy atom. The number of nitriles is 2. The molecule has 0 unspecified atom stereocenters. The summed E-state index contributed by atoms with van der Waals surface area (Å²) < 4.78 is 13.1. The quantitative estimate of drug-likeness (QED) is 0.833. The minimum atomic E-state index is -0.286. The minimum Gasteiger partial charge on any atom is -0.349 e. The van der Waals surface area contributed by atoms with Crippen LogP contribution in [0.5, 0.6) is 0 Å². The van der Waals surface area contributed by atoms with Gasteiger partial charge in [-0.25, -0.2) is 4.39 Å². The largest absolute Gasteiger partial charge is 0.349 e. The van der Waals surface area contributed by atoms with E-state index < -0.39 is 0 Å². The van der Waals surface area contributed by atoms with Crippen molar-refractivity contribution >= 4 is 17.4 Å². The Balaban J connectivity index is 3.05. The summed E-state index contributed by atoms with van der Waals surface area (Å²) in [7, 11) is 0. The highest BCUT2D eigenvalue weighted by Crippen LogP contribution is 2.21. The van der Waals surface area contributed by atoms with Crippen LogP contribution in [0.2, 0.25) is 0 Å². The normalized spacial score (nSPS) is 9.00. The van der Waals surface area contributed by atoms with E-state index >= 15 is 0 Å². The molecule has 0 aromatic heterocycles. The third kappa shape index (κ3) is 3.24. The number of hydrogen-bond acceptors (Lipinski definition) is 4. The van der Waals surface area contributed by atoms with E-state index in [0.717, 1.165) is 0 Å². The first-order valence-electron chi connectivity index (χ1n) is 4.74. The molecule has 86 valence electrons. The maximum Gasteiger partial charge on any atom is 0.159 e. The van der Waals surface area contributed by atoms with E-state index in [9.17, 15) is 4.39 Å². The third-order valence-corrected chi connectivity index (χ3v) is 2.79. The number of allylic oxidation sites excluding steroid dienone is 1. The van der Waals surface area contributed by atoms with Gasteiger partial charge in [0.05, 0.1) is 0 Å². The standard InChI is InChI=1S/C12H10FN3S/c1-8-5-10(3-4-11(8)13)16-12(17-2)9(6-14)7-15/h3-5,16H,1-2H3. The van der Waals surface area contributed by atoms with Gasteiger partial charge in [0, 0.05) is 5.69 Å². The molecule has 1 aromatic rings. The number of halogens is 1. The zero-order valence-electron chi connectivity index (χ0n) is 9.41. The highest BCUT2D eigenvalue weighted by atomic mass is 32.2. The molecule has 0 bridgehead atoms. The summed E-state index contributed by atoms with van der Waals surface area (Å²) in [5, 5.41) is 20.9. The number of hydrogen-bond donors (Lipinski definition) is 1. The van der Waals surface area contributed by atoms with Crippen LogP contribution in [-0.2, 0) is 0 Å². The van der Waals surface area contributed by atoms with Crippen molar-refractivity contribution in [2.75, 3.05) is 11.6 Å². The van der Waals surface area contributed by atoms with Crippen molar-refractivity contribution in [2.45, 2.75) is 6.92 Å². The van der Waals surface area contributed by atoms with Crippen molar-refractivity contribution in [3.05, 3.63) is 40.2 Å². The molecule has 3 nitrogen and oxygen atoms in total. The van der Waals surface area contributed by atoms with Gasteiger partial charge in [-0.15, -0.1) is 11.8 Å². The van der Waals surface area contributed by atoms with Gasteiger partial charge in [0.1, 0.15) is 23.0 Å². The number of thioether (sulfide) groups is 1. The van der Waals surface area contributed by atoms with E-state index in [2.05, 4.69) is 5.32 Å². The fourth-order valence-electron chi connectivity index (χ4n) is 1.20. The number of aryl methyl sites for hydroxylation is 1. The Morgan fingerprint density at radius 3 is 2.47 bits per heavy atom. The summed E-state index contributed by atoms with van der Waals surface area (Å²) in [4.78, 5) is 0. The van der Waals surface area contributed by atoms with E-state index in [1.54, 1.807) is 25.3 Å². The minimum absolute atomic E-state index is 0.0134. The Hall–Kier alpha value is -1.98. The molecule has 1 aromatic carbocycles. The van der Waals surface area contributed by atoms with E-state index in [0.29, 0.717) is 16.3 Å². The smallest absolute Gasteiger partial charge is 0.159 e. The summed E-state index contributed by atoms with van der Waals surface area (Å²) in [6, 6.07) is 8.14. The molecular formula is C12H10FN3S. The Labute approximate surface area is 104 Å². The van der Waals surface area contributed by atoms with Crippen LogP contribution in [0, 0.1) is 35.4 Å². The Bertz CT molecular complexity index is 522. The van der Waals surface area contributed by atoms with Crippen LogP contribution in [0.3, 0.4) is 0 Å². The topological polar surface area (TPSA) is 59.6 Å². The fourth-order valence-corrected chi connectivity index (χ4v) is 1.71. The molecule has 0 radical (unpaired) electrons. The highest BCUT2D eigenvalue weighted by molar-refractivity contribution is 8.02. The zero-order chi connectivity index (χ0) is 12.8. The molecule has 0 aliphatic rings. The average Bonchev–Trinajstić information content (AvgIpc) is 2.33. The van der Waals surface area contributed by atoms with E-state index in [4.69, 9.17) is 10.5 Å². The number of rotatable bonds is 3. The lowest BCUT2D eigenvalue weighted by Crippen LogP contribution is -1.99. The van der Waals surface area contributed by atoms with Crippen molar-refractivity contribution in [1.29, 1.82) is 10.5 Å². The first-order chi connectivity index (χ1) is 8.12. The molecular weight excluding hydrogens is 237 g/mol. The van der Waals surface area contributed by atoms with Crippen LogP contribution < -0.4 is 5.32 Å². The summed E-state index contributed by atoms with van der Waals surface area (Å²) in [5.41, 5.74) is 1.17. The molecule has 0 saturated carbocycles. The summed E-state index contributed by atoms with van der Waals surface area (Å²) in [5.74, 6) is -0.286. The van der Waals surface area contributed by atoms with Crippen LogP contribution in [0.25, 0.3) is 0 Å². The molecule has 5 heteroatoms. The van der Waals surface area contributed by atoms with Crippen LogP contribution in [0.15, 0.2) is 28.8 Å². The Morgan fingerprint density at radius 1 is 1.35 bits per heavy atom. The molecule has 0 spiro atoms. The van der Waals surface area contributed by atoms with Gasteiger partial charge in [-0.2, -0.15) is 10.5 Å². The lowest BCUT2D eigenvalue weighted by Gasteiger charge is -2.09. The van der Waals surface area contributed by atoms with Crippen molar-refractivity contribution in [3.8, 4) is 12.1 Å². The predicted molar refractivity (Wildman–Crippen MR) is 66.5 cm³/mol. The molecule has 0 saturated heterocycles. The summed E-state index contributed by atoms with van der Waals surface area (Å²) in [6.07, 6.45) is 1.76. The molecule has 0 heterocycles. The van der Waals surface area contributed by atoms with Crippen molar-refractivity contribution in [3.63, 3.8) is 0 Å². The monoisotopic (exact) mass is 247 g/mol. The van der Waals surface area contributed by atoms with E-state index in [-0.39, 0.29) is 11.4 Å². The number of nitrogens with zero attached hydrogens (tertiary/aromatic N) is 2. The first kappa shape index (κ1) is 13.1. The highest BCUT2D eigenvalue weighted by Gasteiger charge is 2.06. The van der Waals surface area contributed by atoms with Gasteiger partial charge >= 0.3 is 0 Å². The van der Waals surface area contributed by atoms with Crippen LogP contribution in [0.1, 0.15) is 5.56 Å². The number of nitrogens with one attached hydrogen (secondary N) is 1. The zero-order valence-corrected chi connectivity index (χ0v) is 10.2. The van der Waals surface area contributed by atoms with Crippen LogP contribution in [0.4, 0.5) is 10.1 Å². The second-order valence-corrected chi connectivity index (χ2v) is 4.04. The van der Waals surface area contributed by atoms with Crippen molar-refractivity contribution in [1.82, 2.24) is 0 Å². The molecule has 0 fully saturated rings. The SMILES string of the molecule is CSC(Nc1ccc(F)c(C)c1)=C(C#N)C#N. The fraction of sp³-hybridized carbons (Fsp3) is 0.167. The summed E-state index contributed by atoms with van der Waals surface area (Å²) >= 11 is 1.26. The predicted octanol–water partition coefficient (Wildman–Crippen LogP) is 3.17. The molecule has 1 rings (SSSR count). The van der Waals surface area contributed by atoms with Gasteiger partial charge in [-0.05, 0) is 36.9 Å². The van der Waals surface area contributed by atoms with Crippen LogP contribution in [-0.4, -0.2) is 6.26 Å². The summed E-state index contributed by atoms with van der Waals surface area (Å²) in [6.45, 7) is 1.65. The second kappa shape index (κ2) is 5.93. The van der Waals surface area contributed by atoms with E-state index in [1.807, 2.05) is 12.1 Å². The van der Waals surface area contributed by atoms with Gasteiger partial charge in [-0.3, -0.25) is 0 Å². The molecule has 0 amide bonds. The van der Waals surface area contributed by atoms with Crippen molar-refractivity contribution < 1.29 is 4.39 Å². The molecule has 0 aliphatic heterocycles. The average molecular weight is 247 g/mol. The lowest BCUT2D eigenvalue weighted by molar-refractivity contribution is 0.619. The van der Waals surface area contributed by atoms with Gasteiger partial charge in [0.2, 0.25) is 0 Å². The van der Waals surface area contributed by atoms with Gasteiger partial charge in [-0.1, -0.05) is 0 Å². The van der Waals surface area contributed by atoms with Crippen LogP contribution >= 0.6 is 11.8 Å². The van der Waals surface area contributed by atoms with Gasteiger partial charge in [0.15, 0.2) is 5.57 Å². The molecule has 0 atom stereocenters. The number of anilines is 1. The van der Waals surface area contributed by atoms with Crippen molar-refractivity contribution in [2.24, 2.45) is 0 Å². The van der Waals surface area contributed by atoms with E-state index in [1.165, 1.54) is 17.8 Å². The lowest BCUT2D eigenvalue weighted by atomic mass is 10.2. The molecule has 0 aliphatic carbocycles. The molecule has 1 N–H and O–H groups in total. The maximum atomic E-state index is 13.1. The number of benzene rings is 1. The van der Waals surface area contributed by atoms with Gasteiger partial charge < -0.3 is 5.32 Å². The third-order valence-electron chi connectivity index (χ3n) is 2.07. The van der Waals surface area contributed by atoms with Gasteiger partial charge in [0.25, 0.3) is 0 Å².